The Labute approximate surface area is 226 Å². The number of nitrogens with one attached hydrogen (secondary N) is 2. The first-order chi connectivity index (χ1) is 17.7. The van der Waals surface area contributed by atoms with Crippen LogP contribution in [-0.4, -0.2) is 54.9 Å². The first kappa shape index (κ1) is 26.0. The van der Waals surface area contributed by atoms with Crippen LogP contribution in [0.4, 0.5) is 5.69 Å². The third-order valence-corrected chi connectivity index (χ3v) is 9.39. The lowest BCUT2D eigenvalue weighted by molar-refractivity contribution is -0.114. The minimum absolute atomic E-state index is 0.147. The highest BCUT2D eigenvalue weighted by atomic mass is 79.9. The molecule has 8 nitrogen and oxygen atoms in total. The van der Waals surface area contributed by atoms with Gasteiger partial charge in [-0.1, -0.05) is 34.1 Å². The number of aryl methyl sites for hydroxylation is 1. The highest BCUT2D eigenvalue weighted by Gasteiger charge is 2.41. The number of hydrogen-bond acceptors (Lipinski definition) is 6. The van der Waals surface area contributed by atoms with Crippen LogP contribution in [0.5, 0.6) is 0 Å². The Kier molecular flexibility index (Phi) is 7.44. The van der Waals surface area contributed by atoms with Crippen molar-refractivity contribution in [3.63, 3.8) is 0 Å². The summed E-state index contributed by atoms with van der Waals surface area (Å²) in [6.45, 7) is 5.53. The highest BCUT2D eigenvalue weighted by molar-refractivity contribution is 9.10. The summed E-state index contributed by atoms with van der Waals surface area (Å²) in [5.74, 6) is 1.30. The fourth-order valence-electron chi connectivity index (χ4n) is 5.48. The number of carbonyl (C=O) groups excluding carboxylic acids is 1. The fraction of sp³-hybridized carbons (Fsp3) is 0.370. The molecule has 3 fully saturated rings. The van der Waals surface area contributed by atoms with Crippen molar-refractivity contribution in [2.24, 2.45) is 5.92 Å². The monoisotopic (exact) mass is 583 g/mol. The van der Waals surface area contributed by atoms with E-state index in [-0.39, 0.29) is 16.8 Å². The van der Waals surface area contributed by atoms with E-state index >= 15 is 0 Å². The van der Waals surface area contributed by atoms with E-state index in [1.54, 1.807) is 12.1 Å². The number of anilines is 1. The van der Waals surface area contributed by atoms with E-state index < -0.39 is 10.0 Å². The van der Waals surface area contributed by atoms with Crippen molar-refractivity contribution in [1.29, 1.82) is 0 Å². The van der Waals surface area contributed by atoms with Gasteiger partial charge >= 0.3 is 0 Å². The molecule has 2 N–H and O–H groups in total. The molecule has 0 radical (unpaired) electrons. The maximum atomic E-state index is 12.9. The number of fused-ring (bicyclic) bond motifs is 3. The van der Waals surface area contributed by atoms with Crippen LogP contribution in [0.3, 0.4) is 0 Å². The Balaban J connectivity index is 1.27. The van der Waals surface area contributed by atoms with Crippen LogP contribution in [0.1, 0.15) is 37.2 Å². The Hall–Kier alpha value is -2.66. The topological polar surface area (TPSA) is 104 Å². The van der Waals surface area contributed by atoms with Gasteiger partial charge < -0.3 is 5.32 Å². The number of nitrogens with zero attached hydrogens (tertiary/aromatic N) is 3. The molecule has 3 aromatic rings. The number of amides is 1. The van der Waals surface area contributed by atoms with Gasteiger partial charge in [0.15, 0.2) is 0 Å². The Morgan fingerprint density at radius 2 is 1.89 bits per heavy atom. The Morgan fingerprint density at radius 3 is 2.57 bits per heavy atom. The fourth-order valence-corrected chi connectivity index (χ4v) is 7.04. The number of benzene rings is 2. The lowest BCUT2D eigenvalue weighted by Crippen LogP contribution is -2.56. The van der Waals surface area contributed by atoms with Crippen LogP contribution >= 0.6 is 15.9 Å². The smallest absolute Gasteiger partial charge is 0.240 e. The van der Waals surface area contributed by atoms with Gasteiger partial charge in [-0.15, -0.1) is 0 Å². The third-order valence-electron chi connectivity index (χ3n) is 7.26. The summed E-state index contributed by atoms with van der Waals surface area (Å²) in [5.41, 5.74) is 3.59. The molecule has 2 bridgehead atoms. The van der Waals surface area contributed by atoms with Crippen LogP contribution in [0.2, 0.25) is 0 Å². The van der Waals surface area contributed by atoms with Gasteiger partial charge in [-0.25, -0.2) is 23.1 Å². The van der Waals surface area contributed by atoms with Crippen molar-refractivity contribution >= 4 is 37.5 Å². The third kappa shape index (κ3) is 5.77. The van der Waals surface area contributed by atoms with Gasteiger partial charge in [0.2, 0.25) is 15.9 Å². The van der Waals surface area contributed by atoms with Gasteiger partial charge in [0.1, 0.15) is 5.82 Å². The SMILES string of the molecule is CC(=O)Nc1ccc(S(=O)(=O)NC[C@H]2C[C@@H]3CCN2C[C@@H]3c2cc(-c3ccccc3Br)nc(C)n2)cc1. The molecule has 6 rings (SSSR count). The lowest BCUT2D eigenvalue weighted by Gasteiger charge is -2.49. The van der Waals surface area contributed by atoms with Crippen LogP contribution in [0.25, 0.3) is 11.3 Å². The summed E-state index contributed by atoms with van der Waals surface area (Å²) in [7, 11) is -3.65. The Bertz CT molecular complexity index is 1410. The summed E-state index contributed by atoms with van der Waals surface area (Å²) in [5, 5.41) is 2.65. The highest BCUT2D eigenvalue weighted by Crippen LogP contribution is 2.42. The van der Waals surface area contributed by atoms with Crippen LogP contribution in [0.15, 0.2) is 64.0 Å². The molecule has 4 heterocycles. The second-order valence-electron chi connectivity index (χ2n) is 9.80. The molecule has 10 heteroatoms. The number of sulfonamides is 1. The number of rotatable bonds is 7. The predicted molar refractivity (Wildman–Crippen MR) is 147 cm³/mol. The van der Waals surface area contributed by atoms with Crippen LogP contribution < -0.4 is 10.0 Å². The van der Waals surface area contributed by atoms with Gasteiger partial charge in [-0.05, 0) is 68.6 Å². The van der Waals surface area contributed by atoms with E-state index in [0.29, 0.717) is 24.1 Å². The molecule has 0 spiro atoms. The number of carbonyl (C=O) groups is 1. The minimum atomic E-state index is -3.65. The zero-order valence-corrected chi connectivity index (χ0v) is 23.2. The average molecular weight is 585 g/mol. The second-order valence-corrected chi connectivity index (χ2v) is 12.4. The summed E-state index contributed by atoms with van der Waals surface area (Å²) in [4.78, 5) is 23.3. The first-order valence-corrected chi connectivity index (χ1v) is 14.7. The molecule has 3 aliphatic heterocycles. The van der Waals surface area contributed by atoms with Crippen molar-refractivity contribution in [2.45, 2.75) is 43.5 Å². The molecule has 37 heavy (non-hydrogen) atoms. The van der Waals surface area contributed by atoms with Crippen LogP contribution in [0, 0.1) is 12.8 Å². The van der Waals surface area contributed by atoms with Gasteiger partial charge in [-0.2, -0.15) is 0 Å². The van der Waals surface area contributed by atoms with Crippen molar-refractivity contribution in [1.82, 2.24) is 19.6 Å². The largest absolute Gasteiger partial charge is 0.326 e. The molecule has 3 saturated heterocycles. The van der Waals surface area contributed by atoms with E-state index in [1.807, 2.05) is 25.1 Å². The van der Waals surface area contributed by atoms with E-state index in [4.69, 9.17) is 4.98 Å². The Morgan fingerprint density at radius 1 is 1.14 bits per heavy atom. The van der Waals surface area contributed by atoms with Gasteiger partial charge in [0, 0.05) is 53.4 Å². The average Bonchev–Trinajstić information content (AvgIpc) is 2.88. The molecule has 0 aliphatic carbocycles. The summed E-state index contributed by atoms with van der Waals surface area (Å²) >= 11 is 3.64. The standard InChI is InChI=1S/C27H30BrN5O3S/c1-17-30-26(23-5-3-4-6-25(23)28)14-27(31-17)24-16-33-12-11-19(24)13-21(33)15-29-37(35,36)22-9-7-20(8-10-22)32-18(2)34/h3-10,14,19,21,24,29H,11-13,15-16H2,1-2H3,(H,32,34)/t19-,21+,24-/m0/s1. The lowest BCUT2D eigenvalue weighted by atomic mass is 9.74. The molecule has 1 unspecified atom stereocenters. The maximum absolute atomic E-state index is 12.9. The molecule has 0 saturated carbocycles. The molecule has 2 aromatic carbocycles. The zero-order chi connectivity index (χ0) is 26.2. The first-order valence-electron chi connectivity index (χ1n) is 12.4. The normalized spacial score (nSPS) is 23.1. The maximum Gasteiger partial charge on any atom is 0.240 e. The number of hydrogen-bond donors (Lipinski definition) is 2. The quantitative estimate of drug-likeness (QED) is 0.429. The second kappa shape index (κ2) is 10.6. The molecule has 194 valence electrons. The number of halogens is 1. The van der Waals surface area contributed by atoms with Gasteiger partial charge in [-0.3, -0.25) is 9.69 Å². The van der Waals surface area contributed by atoms with Gasteiger partial charge in [0.25, 0.3) is 0 Å². The van der Waals surface area contributed by atoms with Crippen LogP contribution in [-0.2, 0) is 14.8 Å². The van der Waals surface area contributed by atoms with Gasteiger partial charge in [0.05, 0.1) is 10.6 Å². The zero-order valence-electron chi connectivity index (χ0n) is 20.8. The van der Waals surface area contributed by atoms with E-state index in [0.717, 1.165) is 53.2 Å². The van der Waals surface area contributed by atoms with Crippen molar-refractivity contribution in [2.75, 3.05) is 25.0 Å². The molecule has 1 aromatic heterocycles. The van der Waals surface area contributed by atoms with E-state index in [9.17, 15) is 13.2 Å². The molecule has 4 atom stereocenters. The van der Waals surface area contributed by atoms with E-state index in [2.05, 4.69) is 48.0 Å². The minimum Gasteiger partial charge on any atom is -0.326 e. The molecule has 3 aliphatic rings. The molecular formula is C27H30BrN5O3S. The predicted octanol–water partition coefficient (Wildman–Crippen LogP) is 4.33. The molecule has 1 amide bonds. The van der Waals surface area contributed by atoms with Crippen molar-refractivity contribution in [3.05, 3.63) is 70.6 Å². The number of piperidine rings is 3. The number of aromatic nitrogens is 2. The van der Waals surface area contributed by atoms with Crippen molar-refractivity contribution < 1.29 is 13.2 Å². The summed E-state index contributed by atoms with van der Waals surface area (Å²) in [6, 6.07) is 16.5. The molecular weight excluding hydrogens is 554 g/mol. The summed E-state index contributed by atoms with van der Waals surface area (Å²) in [6.07, 6.45) is 1.99. The van der Waals surface area contributed by atoms with E-state index in [1.165, 1.54) is 19.1 Å². The van der Waals surface area contributed by atoms with Crippen molar-refractivity contribution in [3.8, 4) is 11.3 Å². The summed E-state index contributed by atoms with van der Waals surface area (Å²) < 4.78 is 29.6.